The number of amides is 1. The summed E-state index contributed by atoms with van der Waals surface area (Å²) in [5.74, 6) is -0.0958. The van der Waals surface area contributed by atoms with Gasteiger partial charge in [0.15, 0.2) is 0 Å². The second-order valence-corrected chi connectivity index (χ2v) is 8.03. The molecule has 4 rings (SSSR count). The molecule has 0 saturated carbocycles. The fourth-order valence-electron chi connectivity index (χ4n) is 3.27. The zero-order valence-corrected chi connectivity index (χ0v) is 16.3. The van der Waals surface area contributed by atoms with Gasteiger partial charge < -0.3 is 9.64 Å². The third kappa shape index (κ3) is 3.50. The van der Waals surface area contributed by atoms with E-state index in [0.717, 1.165) is 16.0 Å². The van der Waals surface area contributed by atoms with E-state index >= 15 is 0 Å². The number of carbonyl (C=O) groups is 1. The van der Waals surface area contributed by atoms with Crippen molar-refractivity contribution < 1.29 is 9.53 Å². The Labute approximate surface area is 165 Å². The number of hydrogen-bond donors (Lipinski definition) is 0. The normalized spacial score (nSPS) is 14.7. The maximum absolute atomic E-state index is 13.1. The summed E-state index contributed by atoms with van der Waals surface area (Å²) in [7, 11) is 0. The third-order valence-electron chi connectivity index (χ3n) is 4.66. The van der Waals surface area contributed by atoms with Crippen LogP contribution in [0.25, 0.3) is 21.3 Å². The molecule has 140 valence electrons. The topological polar surface area (TPSA) is 64.4 Å². The molecule has 1 amide bonds. The number of hydrogen-bond acceptors (Lipinski definition) is 5. The van der Waals surface area contributed by atoms with Crippen molar-refractivity contribution in [1.82, 2.24) is 14.5 Å². The van der Waals surface area contributed by atoms with Gasteiger partial charge in [-0.15, -0.1) is 11.3 Å². The molecule has 1 saturated heterocycles. The van der Waals surface area contributed by atoms with Gasteiger partial charge in [-0.1, -0.05) is 23.7 Å². The Bertz CT molecular complexity index is 1050. The predicted molar refractivity (Wildman–Crippen MR) is 106 cm³/mol. The van der Waals surface area contributed by atoms with E-state index in [9.17, 15) is 9.59 Å². The van der Waals surface area contributed by atoms with Crippen LogP contribution in [0.1, 0.15) is 4.88 Å². The van der Waals surface area contributed by atoms with E-state index in [0.29, 0.717) is 41.5 Å². The SMILES string of the molecule is Cc1sc2ncn(CC(=O)N3CCOCC3)c(=O)c2c1-c1ccc(Cl)cc1. The van der Waals surface area contributed by atoms with Gasteiger partial charge in [0.2, 0.25) is 5.91 Å². The maximum Gasteiger partial charge on any atom is 0.263 e. The fraction of sp³-hybridized carbons (Fsp3) is 0.316. The van der Waals surface area contributed by atoms with Gasteiger partial charge in [0.25, 0.3) is 5.56 Å². The second-order valence-electron chi connectivity index (χ2n) is 6.39. The molecule has 27 heavy (non-hydrogen) atoms. The molecule has 1 fully saturated rings. The van der Waals surface area contributed by atoms with E-state index in [1.165, 1.54) is 22.2 Å². The summed E-state index contributed by atoms with van der Waals surface area (Å²) >= 11 is 7.47. The molecule has 1 aliphatic rings. The Hall–Kier alpha value is -2.22. The lowest BCUT2D eigenvalue weighted by atomic mass is 10.0. The highest BCUT2D eigenvalue weighted by atomic mass is 35.5. The number of nitrogens with zero attached hydrogens (tertiary/aromatic N) is 3. The molecule has 0 bridgehead atoms. The lowest BCUT2D eigenvalue weighted by Crippen LogP contribution is -2.43. The molecular weight excluding hydrogens is 386 g/mol. The summed E-state index contributed by atoms with van der Waals surface area (Å²) in [6, 6.07) is 7.40. The van der Waals surface area contributed by atoms with Gasteiger partial charge in [0, 0.05) is 28.6 Å². The van der Waals surface area contributed by atoms with E-state index in [4.69, 9.17) is 16.3 Å². The van der Waals surface area contributed by atoms with Crippen molar-refractivity contribution in [3.63, 3.8) is 0 Å². The molecule has 0 radical (unpaired) electrons. The number of thiophene rings is 1. The van der Waals surface area contributed by atoms with Crippen LogP contribution in [0.5, 0.6) is 0 Å². The summed E-state index contributed by atoms with van der Waals surface area (Å²) in [6.45, 7) is 4.12. The third-order valence-corrected chi connectivity index (χ3v) is 5.92. The van der Waals surface area contributed by atoms with E-state index in [1.54, 1.807) is 17.0 Å². The van der Waals surface area contributed by atoms with Crippen LogP contribution in [0.3, 0.4) is 0 Å². The predicted octanol–water partition coefficient (Wildman–Crippen LogP) is 2.95. The number of morpholine rings is 1. The Morgan fingerprint density at radius 1 is 1.26 bits per heavy atom. The van der Waals surface area contributed by atoms with E-state index in [2.05, 4.69) is 4.98 Å². The van der Waals surface area contributed by atoms with E-state index in [1.807, 2.05) is 19.1 Å². The average molecular weight is 404 g/mol. The number of rotatable bonds is 3. The van der Waals surface area contributed by atoms with Crippen molar-refractivity contribution in [2.24, 2.45) is 0 Å². The molecule has 0 spiro atoms. The molecular formula is C19H18ClN3O3S. The molecule has 3 aromatic rings. The van der Waals surface area contributed by atoms with Crippen LogP contribution in [-0.2, 0) is 16.1 Å². The number of benzene rings is 1. The van der Waals surface area contributed by atoms with Crippen LogP contribution in [0, 0.1) is 6.92 Å². The van der Waals surface area contributed by atoms with Gasteiger partial charge in [0.1, 0.15) is 11.4 Å². The Balaban J connectivity index is 1.75. The van der Waals surface area contributed by atoms with E-state index < -0.39 is 0 Å². The first-order valence-corrected chi connectivity index (χ1v) is 9.84. The number of halogens is 1. The molecule has 0 atom stereocenters. The highest BCUT2D eigenvalue weighted by Crippen LogP contribution is 2.35. The molecule has 1 aromatic carbocycles. The summed E-state index contributed by atoms with van der Waals surface area (Å²) in [5, 5.41) is 1.19. The maximum atomic E-state index is 13.1. The van der Waals surface area contributed by atoms with Crippen molar-refractivity contribution in [2.45, 2.75) is 13.5 Å². The first-order valence-electron chi connectivity index (χ1n) is 8.64. The molecule has 6 nitrogen and oxygen atoms in total. The van der Waals surface area contributed by atoms with Gasteiger partial charge in [0.05, 0.1) is 24.9 Å². The zero-order valence-electron chi connectivity index (χ0n) is 14.8. The molecule has 8 heteroatoms. The molecule has 2 aromatic heterocycles. The number of carbonyl (C=O) groups excluding carboxylic acids is 1. The van der Waals surface area contributed by atoms with Crippen molar-refractivity contribution >= 4 is 39.1 Å². The van der Waals surface area contributed by atoms with Crippen molar-refractivity contribution in [2.75, 3.05) is 26.3 Å². The quantitative estimate of drug-likeness (QED) is 0.674. The van der Waals surface area contributed by atoms with Gasteiger partial charge in [-0.3, -0.25) is 14.2 Å². The highest BCUT2D eigenvalue weighted by Gasteiger charge is 2.20. The van der Waals surface area contributed by atoms with Crippen molar-refractivity contribution in [1.29, 1.82) is 0 Å². The molecule has 1 aliphatic heterocycles. The van der Waals surface area contributed by atoms with Crippen LogP contribution in [0.4, 0.5) is 0 Å². The number of ether oxygens (including phenoxy) is 1. The van der Waals surface area contributed by atoms with Gasteiger partial charge in [-0.25, -0.2) is 4.98 Å². The monoisotopic (exact) mass is 403 g/mol. The summed E-state index contributed by atoms with van der Waals surface area (Å²) in [4.78, 5) is 33.5. The molecule has 0 unspecified atom stereocenters. The second kappa shape index (κ2) is 7.42. The summed E-state index contributed by atoms with van der Waals surface area (Å²) in [5.41, 5.74) is 1.58. The first kappa shape index (κ1) is 18.2. The zero-order chi connectivity index (χ0) is 19.0. The van der Waals surface area contributed by atoms with Crippen LogP contribution < -0.4 is 5.56 Å². The first-order chi connectivity index (χ1) is 13.0. The van der Waals surface area contributed by atoms with Crippen molar-refractivity contribution in [3.8, 4) is 11.1 Å². The lowest BCUT2D eigenvalue weighted by molar-refractivity contribution is -0.135. The average Bonchev–Trinajstić information content (AvgIpc) is 3.02. The summed E-state index contributed by atoms with van der Waals surface area (Å²) < 4.78 is 6.67. The Morgan fingerprint density at radius 2 is 1.96 bits per heavy atom. The van der Waals surface area contributed by atoms with Gasteiger partial charge >= 0.3 is 0 Å². The largest absolute Gasteiger partial charge is 0.378 e. The van der Waals surface area contributed by atoms with Crippen LogP contribution in [-0.4, -0.2) is 46.7 Å². The number of aromatic nitrogens is 2. The minimum Gasteiger partial charge on any atom is -0.378 e. The van der Waals surface area contributed by atoms with Gasteiger partial charge in [-0.05, 0) is 24.6 Å². The Morgan fingerprint density at radius 3 is 2.67 bits per heavy atom. The molecule has 0 N–H and O–H groups in total. The van der Waals surface area contributed by atoms with Crippen molar-refractivity contribution in [3.05, 3.63) is 50.8 Å². The van der Waals surface area contributed by atoms with Gasteiger partial charge in [-0.2, -0.15) is 0 Å². The van der Waals surface area contributed by atoms with Crippen LogP contribution in [0.2, 0.25) is 5.02 Å². The fourth-order valence-corrected chi connectivity index (χ4v) is 4.40. The van der Waals surface area contributed by atoms with Crippen LogP contribution >= 0.6 is 22.9 Å². The Kier molecular flexibility index (Phi) is 4.99. The van der Waals surface area contributed by atoms with Crippen LogP contribution in [0.15, 0.2) is 35.4 Å². The minimum atomic E-state index is -0.198. The summed E-state index contributed by atoms with van der Waals surface area (Å²) in [6.07, 6.45) is 1.46. The molecule has 0 aliphatic carbocycles. The number of fused-ring (bicyclic) bond motifs is 1. The highest BCUT2D eigenvalue weighted by molar-refractivity contribution is 7.19. The minimum absolute atomic E-state index is 0.0171. The number of aryl methyl sites for hydroxylation is 1. The lowest BCUT2D eigenvalue weighted by Gasteiger charge is -2.26. The molecule has 3 heterocycles. The standard InChI is InChI=1S/C19H18ClN3O3S/c1-12-16(13-2-4-14(20)5-3-13)17-18(27-12)21-11-23(19(17)25)10-15(24)22-6-8-26-9-7-22/h2-5,11H,6-10H2,1H3. The van der Waals surface area contributed by atoms with E-state index in [-0.39, 0.29) is 18.0 Å². The smallest absolute Gasteiger partial charge is 0.263 e.